The molecule has 0 aliphatic carbocycles. The van der Waals surface area contributed by atoms with E-state index in [1.165, 1.54) is 29.2 Å². The number of piperidine rings is 2. The predicted molar refractivity (Wildman–Crippen MR) is 140 cm³/mol. The zero-order valence-electron chi connectivity index (χ0n) is 22.6. The van der Waals surface area contributed by atoms with Gasteiger partial charge in [0.1, 0.15) is 12.4 Å². The average Bonchev–Trinajstić information content (AvgIpc) is 2.90. The van der Waals surface area contributed by atoms with Crippen molar-refractivity contribution in [1.82, 2.24) is 15.1 Å². The molecule has 0 aromatic heterocycles. The number of carbonyl (C=O) groups is 2. The molecule has 2 saturated heterocycles. The summed E-state index contributed by atoms with van der Waals surface area (Å²) in [5.41, 5.74) is -2.92. The van der Waals surface area contributed by atoms with Crippen molar-refractivity contribution in [3.8, 4) is 5.75 Å². The van der Waals surface area contributed by atoms with Crippen LogP contribution in [0.4, 0.5) is 13.2 Å². The zero-order chi connectivity index (χ0) is 28.3. The van der Waals surface area contributed by atoms with Gasteiger partial charge in [0.2, 0.25) is 5.91 Å². The maximum absolute atomic E-state index is 14.5. The molecule has 0 bridgehead atoms. The molecule has 2 fully saturated rings. The van der Waals surface area contributed by atoms with Crippen LogP contribution in [-0.2, 0) is 19.9 Å². The van der Waals surface area contributed by atoms with Gasteiger partial charge in [0.05, 0.1) is 0 Å². The van der Waals surface area contributed by atoms with E-state index in [0.29, 0.717) is 26.0 Å². The molecular formula is C29H36F3N3O4. The summed E-state index contributed by atoms with van der Waals surface area (Å²) in [5.74, 6) is -0.601. The SMILES string of the molecule is CO[C@@](C(=O)N1CCC2(CC1)CC(=O)NCC2c1ccccc1OCCN(C)C)(c1ccccc1)C(F)(F)F. The van der Waals surface area contributed by atoms with Gasteiger partial charge in [-0.3, -0.25) is 9.59 Å². The summed E-state index contributed by atoms with van der Waals surface area (Å²) in [6.07, 6.45) is -3.96. The highest BCUT2D eigenvalue weighted by Crippen LogP contribution is 2.52. The van der Waals surface area contributed by atoms with Crippen LogP contribution < -0.4 is 10.1 Å². The molecule has 0 saturated carbocycles. The van der Waals surface area contributed by atoms with E-state index in [4.69, 9.17) is 9.47 Å². The Bertz CT molecular complexity index is 1150. The van der Waals surface area contributed by atoms with E-state index in [2.05, 4.69) is 5.32 Å². The van der Waals surface area contributed by atoms with E-state index in [1.807, 2.05) is 43.3 Å². The number of amides is 2. The molecule has 0 radical (unpaired) electrons. The van der Waals surface area contributed by atoms with Crippen molar-refractivity contribution < 1.29 is 32.2 Å². The van der Waals surface area contributed by atoms with Crippen LogP contribution in [0.1, 0.15) is 36.3 Å². The minimum Gasteiger partial charge on any atom is -0.492 e. The first-order valence-corrected chi connectivity index (χ1v) is 13.1. The third-order valence-corrected chi connectivity index (χ3v) is 8.08. The van der Waals surface area contributed by atoms with Gasteiger partial charge in [-0.1, -0.05) is 48.5 Å². The summed E-state index contributed by atoms with van der Waals surface area (Å²) in [7, 11) is 4.84. The summed E-state index contributed by atoms with van der Waals surface area (Å²) < 4.78 is 54.6. The minimum atomic E-state index is -4.97. The average molecular weight is 548 g/mol. The molecule has 2 aromatic rings. The van der Waals surface area contributed by atoms with Crippen molar-refractivity contribution in [2.45, 2.75) is 37.0 Å². The van der Waals surface area contributed by atoms with Crippen molar-refractivity contribution >= 4 is 11.8 Å². The first-order valence-electron chi connectivity index (χ1n) is 13.1. The van der Waals surface area contributed by atoms with Gasteiger partial charge in [0.15, 0.2) is 0 Å². The summed E-state index contributed by atoms with van der Waals surface area (Å²) >= 11 is 0. The lowest BCUT2D eigenvalue weighted by atomic mass is 9.62. The molecule has 2 aliphatic heterocycles. The van der Waals surface area contributed by atoms with E-state index in [1.54, 1.807) is 6.07 Å². The Morgan fingerprint density at radius 1 is 1.08 bits per heavy atom. The topological polar surface area (TPSA) is 71.1 Å². The minimum absolute atomic E-state index is 0.0836. The first kappa shape index (κ1) is 28.9. The lowest BCUT2D eigenvalue weighted by molar-refractivity contribution is -0.271. The van der Waals surface area contributed by atoms with E-state index < -0.39 is 23.1 Å². The quantitative estimate of drug-likeness (QED) is 0.542. The molecule has 2 heterocycles. The van der Waals surface area contributed by atoms with Gasteiger partial charge in [-0.2, -0.15) is 13.2 Å². The highest BCUT2D eigenvalue weighted by molar-refractivity contribution is 5.88. The number of ether oxygens (including phenoxy) is 2. The van der Waals surface area contributed by atoms with Gasteiger partial charge in [0, 0.05) is 51.2 Å². The normalized spacial score (nSPS) is 20.9. The molecule has 212 valence electrons. The van der Waals surface area contributed by atoms with Gasteiger partial charge in [0.25, 0.3) is 11.5 Å². The number of nitrogens with one attached hydrogen (secondary N) is 1. The Labute approximate surface area is 227 Å². The number of hydrogen-bond donors (Lipinski definition) is 1. The van der Waals surface area contributed by atoms with Gasteiger partial charge in [-0.25, -0.2) is 0 Å². The molecule has 2 aliphatic rings. The molecule has 2 aromatic carbocycles. The Balaban J connectivity index is 1.60. The Hall–Kier alpha value is -3.11. The van der Waals surface area contributed by atoms with Crippen LogP contribution in [0.2, 0.25) is 0 Å². The van der Waals surface area contributed by atoms with E-state index in [0.717, 1.165) is 25.0 Å². The maximum atomic E-state index is 14.5. The number of alkyl halides is 3. The number of para-hydroxylation sites is 1. The second-order valence-corrected chi connectivity index (χ2v) is 10.6. The predicted octanol–water partition coefficient (Wildman–Crippen LogP) is 3.94. The number of likely N-dealkylation sites (N-methyl/N-ethyl adjacent to an activating group) is 1. The van der Waals surface area contributed by atoms with Crippen molar-refractivity contribution in [2.75, 3.05) is 54.0 Å². The Morgan fingerprint density at radius 2 is 1.72 bits per heavy atom. The summed E-state index contributed by atoms with van der Waals surface area (Å²) in [6, 6.07) is 14.7. The molecule has 39 heavy (non-hydrogen) atoms. The number of likely N-dealkylation sites (tertiary alicyclic amines) is 1. The van der Waals surface area contributed by atoms with Crippen LogP contribution in [0, 0.1) is 5.41 Å². The standard InChI is InChI=1S/C29H36F3N3O4/c1-34(2)17-18-39-24-12-8-7-11-22(24)23-20-33-25(36)19-27(23)13-15-35(16-14-27)26(37)28(38-3,29(30,31)32)21-9-5-4-6-10-21/h4-12,23H,13-20H2,1-3H3,(H,33,36)/t23?,28-/m1/s1. The monoisotopic (exact) mass is 547 g/mol. The van der Waals surface area contributed by atoms with Gasteiger partial charge in [-0.15, -0.1) is 0 Å². The molecule has 2 amide bonds. The number of hydrogen-bond acceptors (Lipinski definition) is 5. The molecular weight excluding hydrogens is 511 g/mol. The highest BCUT2D eigenvalue weighted by atomic mass is 19.4. The molecule has 1 unspecified atom stereocenters. The third-order valence-electron chi connectivity index (χ3n) is 8.08. The third kappa shape index (κ3) is 5.63. The summed E-state index contributed by atoms with van der Waals surface area (Å²) in [6.45, 7) is 1.80. The first-order chi connectivity index (χ1) is 18.5. The maximum Gasteiger partial charge on any atom is 0.430 e. The van der Waals surface area contributed by atoms with Gasteiger partial charge in [-0.05, 0) is 44.0 Å². The Kier molecular flexibility index (Phi) is 8.56. The van der Waals surface area contributed by atoms with E-state index >= 15 is 0 Å². The fraction of sp³-hybridized carbons (Fsp3) is 0.517. The highest BCUT2D eigenvalue weighted by Gasteiger charge is 2.64. The van der Waals surface area contributed by atoms with Gasteiger partial charge >= 0.3 is 6.18 Å². The van der Waals surface area contributed by atoms with Crippen LogP contribution in [-0.4, -0.2) is 81.8 Å². The fourth-order valence-corrected chi connectivity index (χ4v) is 5.92. The van der Waals surface area contributed by atoms with Crippen molar-refractivity contribution in [3.63, 3.8) is 0 Å². The van der Waals surface area contributed by atoms with Crippen LogP contribution in [0.15, 0.2) is 54.6 Å². The van der Waals surface area contributed by atoms with Gasteiger partial charge < -0.3 is 24.6 Å². The number of benzene rings is 2. The van der Waals surface area contributed by atoms with Crippen molar-refractivity contribution in [1.29, 1.82) is 0 Å². The van der Waals surface area contributed by atoms with Crippen molar-refractivity contribution in [3.05, 3.63) is 65.7 Å². The van der Waals surface area contributed by atoms with Crippen LogP contribution in [0.5, 0.6) is 5.75 Å². The smallest absolute Gasteiger partial charge is 0.430 e. The largest absolute Gasteiger partial charge is 0.492 e. The molecule has 7 nitrogen and oxygen atoms in total. The lowest BCUT2D eigenvalue weighted by Gasteiger charge is -2.50. The zero-order valence-corrected chi connectivity index (χ0v) is 22.6. The number of rotatable bonds is 8. The number of methoxy groups -OCH3 is 1. The molecule has 2 atom stereocenters. The second kappa shape index (κ2) is 11.6. The number of halogens is 3. The molecule has 1 spiro atoms. The lowest BCUT2D eigenvalue weighted by Crippen LogP contribution is -2.60. The summed E-state index contributed by atoms with van der Waals surface area (Å²) in [5, 5.41) is 2.96. The fourth-order valence-electron chi connectivity index (χ4n) is 5.92. The van der Waals surface area contributed by atoms with Crippen molar-refractivity contribution in [2.24, 2.45) is 5.41 Å². The van der Waals surface area contributed by atoms with Crippen LogP contribution in [0.3, 0.4) is 0 Å². The van der Waals surface area contributed by atoms with Crippen LogP contribution >= 0.6 is 0 Å². The van der Waals surface area contributed by atoms with E-state index in [9.17, 15) is 22.8 Å². The second-order valence-electron chi connectivity index (χ2n) is 10.6. The molecule has 10 heteroatoms. The molecule has 4 rings (SSSR count). The van der Waals surface area contributed by atoms with E-state index in [-0.39, 0.29) is 36.9 Å². The van der Waals surface area contributed by atoms with Crippen LogP contribution in [0.25, 0.3) is 0 Å². The Morgan fingerprint density at radius 3 is 2.33 bits per heavy atom. The summed E-state index contributed by atoms with van der Waals surface area (Å²) in [4.78, 5) is 29.4. The number of carbonyl (C=O) groups excluding carboxylic acids is 2. The number of nitrogens with zero attached hydrogens (tertiary/aromatic N) is 2. The molecule has 1 N–H and O–H groups in total.